The van der Waals surface area contributed by atoms with Crippen LogP contribution in [0.15, 0.2) is 47.3 Å². The number of nitrogens with one attached hydrogen (secondary N) is 4. The number of amidine groups is 1. The van der Waals surface area contributed by atoms with E-state index in [0.29, 0.717) is 22.3 Å². The van der Waals surface area contributed by atoms with Gasteiger partial charge in [0.05, 0.1) is 16.6 Å². The number of aromatic nitrogens is 2. The Morgan fingerprint density at radius 2 is 2.12 bits per heavy atom. The van der Waals surface area contributed by atoms with E-state index in [2.05, 4.69) is 20.6 Å². The zero-order valence-corrected chi connectivity index (χ0v) is 13.6. The zero-order valence-electron chi connectivity index (χ0n) is 13.6. The quantitative estimate of drug-likeness (QED) is 0.573. The third-order valence-corrected chi connectivity index (χ3v) is 3.98. The van der Waals surface area contributed by atoms with Crippen LogP contribution >= 0.6 is 0 Å². The molecule has 26 heavy (non-hydrogen) atoms. The topological polar surface area (TPSA) is 120 Å². The van der Waals surface area contributed by atoms with Gasteiger partial charge in [0.2, 0.25) is 0 Å². The number of ether oxygens (including phenoxy) is 1. The molecule has 0 atom stereocenters. The van der Waals surface area contributed by atoms with E-state index in [0.717, 1.165) is 5.56 Å². The van der Waals surface area contributed by atoms with Gasteiger partial charge in [0, 0.05) is 6.54 Å². The van der Waals surface area contributed by atoms with Gasteiger partial charge in [0.1, 0.15) is 18.2 Å². The summed E-state index contributed by atoms with van der Waals surface area (Å²) in [5.74, 6) is 0.436. The number of hydrogen-bond donors (Lipinski definition) is 4. The van der Waals surface area contributed by atoms with Crippen molar-refractivity contribution in [2.75, 3.05) is 11.9 Å². The first-order valence-corrected chi connectivity index (χ1v) is 7.97. The van der Waals surface area contributed by atoms with Crippen molar-refractivity contribution in [1.82, 2.24) is 15.3 Å². The van der Waals surface area contributed by atoms with E-state index < -0.39 is 5.91 Å². The van der Waals surface area contributed by atoms with Crippen LogP contribution in [0.5, 0.6) is 5.75 Å². The number of rotatable bonds is 3. The van der Waals surface area contributed by atoms with Gasteiger partial charge in [0.15, 0.2) is 5.82 Å². The van der Waals surface area contributed by atoms with Crippen molar-refractivity contribution < 1.29 is 9.53 Å². The van der Waals surface area contributed by atoms with Gasteiger partial charge in [-0.15, -0.1) is 0 Å². The molecule has 0 saturated heterocycles. The van der Waals surface area contributed by atoms with Crippen molar-refractivity contribution in [3.63, 3.8) is 0 Å². The maximum Gasteiger partial charge on any atom is 0.287 e. The molecule has 0 spiro atoms. The van der Waals surface area contributed by atoms with Crippen LogP contribution in [0.4, 0.5) is 5.69 Å². The third-order valence-electron chi connectivity index (χ3n) is 3.98. The van der Waals surface area contributed by atoms with E-state index >= 15 is 0 Å². The summed E-state index contributed by atoms with van der Waals surface area (Å²) < 4.78 is 5.42. The molecule has 0 fully saturated rings. The van der Waals surface area contributed by atoms with Crippen LogP contribution in [0.1, 0.15) is 16.2 Å². The van der Waals surface area contributed by atoms with E-state index in [1.165, 1.54) is 0 Å². The lowest BCUT2D eigenvalue weighted by molar-refractivity contribution is 0.0940. The fraction of sp³-hybridized carbons (Fsp3) is 0.111. The standard InChI is InChI=1S/C18H15N5O3/c19-15-9-26-14-6-5-10(7-13(14)21-15)8-20-18(25)16-22-12-4-2-1-3-11(12)17(24)23-16/h1-7H,8-9H2,(H2,19,21)(H,20,25)(H,22,23,24). The maximum atomic E-state index is 12.3. The minimum atomic E-state index is -0.470. The second-order valence-corrected chi connectivity index (χ2v) is 5.84. The number of H-pyrrole nitrogens is 1. The van der Waals surface area contributed by atoms with Crippen molar-refractivity contribution in [3.8, 4) is 5.75 Å². The summed E-state index contributed by atoms with van der Waals surface area (Å²) in [7, 11) is 0. The summed E-state index contributed by atoms with van der Waals surface area (Å²) in [6, 6.07) is 12.3. The molecule has 130 valence electrons. The molecule has 2 heterocycles. The number of para-hydroxylation sites is 1. The molecule has 1 aliphatic heterocycles. The van der Waals surface area contributed by atoms with Gasteiger partial charge in [0.25, 0.3) is 11.5 Å². The Hall–Kier alpha value is -3.68. The van der Waals surface area contributed by atoms with Crippen molar-refractivity contribution in [1.29, 1.82) is 5.41 Å². The summed E-state index contributed by atoms with van der Waals surface area (Å²) in [6.07, 6.45) is 0. The first kappa shape index (κ1) is 15.8. The Morgan fingerprint density at radius 1 is 1.27 bits per heavy atom. The first-order chi connectivity index (χ1) is 12.6. The van der Waals surface area contributed by atoms with Gasteiger partial charge in [-0.2, -0.15) is 0 Å². The lowest BCUT2D eigenvalue weighted by atomic mass is 10.1. The Bertz CT molecular complexity index is 1090. The van der Waals surface area contributed by atoms with Crippen LogP contribution in [0.2, 0.25) is 0 Å². The Balaban J connectivity index is 1.52. The maximum absolute atomic E-state index is 12.3. The summed E-state index contributed by atoms with van der Waals surface area (Å²) in [6.45, 7) is 0.460. The number of nitrogens with zero attached hydrogens (tertiary/aromatic N) is 1. The van der Waals surface area contributed by atoms with Gasteiger partial charge >= 0.3 is 0 Å². The Labute approximate surface area is 147 Å². The lowest BCUT2D eigenvalue weighted by Crippen LogP contribution is -2.28. The predicted octanol–water partition coefficient (Wildman–Crippen LogP) is 1.63. The number of anilines is 1. The highest BCUT2D eigenvalue weighted by molar-refractivity contribution is 5.97. The molecule has 8 heteroatoms. The van der Waals surface area contributed by atoms with Gasteiger partial charge in [-0.3, -0.25) is 15.0 Å². The molecule has 2 aromatic carbocycles. The molecular weight excluding hydrogens is 334 g/mol. The van der Waals surface area contributed by atoms with E-state index in [4.69, 9.17) is 10.1 Å². The SMILES string of the molecule is N=C1COc2ccc(CNC(=O)c3nc4ccccc4c(=O)[nH]3)cc2N1. The monoisotopic (exact) mass is 349 g/mol. The molecule has 0 saturated carbocycles. The highest BCUT2D eigenvalue weighted by Crippen LogP contribution is 2.28. The molecule has 1 amide bonds. The Morgan fingerprint density at radius 3 is 3.00 bits per heavy atom. The minimum Gasteiger partial charge on any atom is -0.484 e. The van der Waals surface area contributed by atoms with Gasteiger partial charge < -0.3 is 20.4 Å². The van der Waals surface area contributed by atoms with Crippen molar-refractivity contribution in [3.05, 3.63) is 64.2 Å². The molecule has 4 N–H and O–H groups in total. The van der Waals surface area contributed by atoms with Crippen LogP contribution in [-0.4, -0.2) is 28.3 Å². The van der Waals surface area contributed by atoms with E-state index in [1.807, 2.05) is 6.07 Å². The summed E-state index contributed by atoms with van der Waals surface area (Å²) in [5, 5.41) is 13.7. The molecule has 0 unspecified atom stereocenters. The number of benzene rings is 2. The van der Waals surface area contributed by atoms with Crippen molar-refractivity contribution in [2.45, 2.75) is 6.54 Å². The summed E-state index contributed by atoms with van der Waals surface area (Å²) >= 11 is 0. The van der Waals surface area contributed by atoms with Gasteiger partial charge in [-0.05, 0) is 29.8 Å². The number of hydrogen-bond acceptors (Lipinski definition) is 5. The van der Waals surface area contributed by atoms with Crippen LogP contribution in [0, 0.1) is 5.41 Å². The highest BCUT2D eigenvalue weighted by atomic mass is 16.5. The van der Waals surface area contributed by atoms with Crippen LogP contribution in [0.3, 0.4) is 0 Å². The molecule has 4 rings (SSSR count). The van der Waals surface area contributed by atoms with Gasteiger partial charge in [-0.25, -0.2) is 4.98 Å². The fourth-order valence-corrected chi connectivity index (χ4v) is 2.72. The molecule has 0 radical (unpaired) electrons. The number of amides is 1. The molecule has 0 bridgehead atoms. The smallest absolute Gasteiger partial charge is 0.287 e. The second kappa shape index (κ2) is 6.32. The predicted molar refractivity (Wildman–Crippen MR) is 96.8 cm³/mol. The van der Waals surface area contributed by atoms with Crippen LogP contribution in [0.25, 0.3) is 10.9 Å². The summed E-state index contributed by atoms with van der Waals surface area (Å²) in [4.78, 5) is 31.1. The molecule has 8 nitrogen and oxygen atoms in total. The number of aromatic amines is 1. The average molecular weight is 349 g/mol. The molecule has 1 aromatic heterocycles. The lowest BCUT2D eigenvalue weighted by Gasteiger charge is -2.20. The highest BCUT2D eigenvalue weighted by Gasteiger charge is 2.15. The molecule has 0 aliphatic carbocycles. The molecular formula is C18H15N5O3. The number of carbonyl (C=O) groups excluding carboxylic acids is 1. The van der Waals surface area contributed by atoms with Crippen molar-refractivity contribution >= 4 is 28.3 Å². The van der Waals surface area contributed by atoms with Gasteiger partial charge in [-0.1, -0.05) is 18.2 Å². The number of carbonyl (C=O) groups is 1. The largest absolute Gasteiger partial charge is 0.484 e. The first-order valence-electron chi connectivity index (χ1n) is 7.97. The second-order valence-electron chi connectivity index (χ2n) is 5.84. The zero-order chi connectivity index (χ0) is 18.1. The minimum absolute atomic E-state index is 0.0325. The van der Waals surface area contributed by atoms with Crippen LogP contribution < -0.4 is 20.9 Å². The number of fused-ring (bicyclic) bond motifs is 2. The van der Waals surface area contributed by atoms with E-state index in [1.54, 1.807) is 36.4 Å². The Kier molecular flexibility index (Phi) is 3.85. The van der Waals surface area contributed by atoms with E-state index in [9.17, 15) is 9.59 Å². The molecule has 3 aromatic rings. The fourth-order valence-electron chi connectivity index (χ4n) is 2.72. The summed E-state index contributed by atoms with van der Waals surface area (Å²) in [5.41, 5.74) is 1.63. The van der Waals surface area contributed by atoms with E-state index in [-0.39, 0.29) is 30.4 Å². The van der Waals surface area contributed by atoms with Crippen LogP contribution in [-0.2, 0) is 6.54 Å². The average Bonchev–Trinajstić information content (AvgIpc) is 2.65. The molecule has 1 aliphatic rings. The third kappa shape index (κ3) is 3.00. The van der Waals surface area contributed by atoms with Crippen molar-refractivity contribution in [2.24, 2.45) is 0 Å². The normalized spacial score (nSPS) is 12.8.